The molecule has 3 aliphatic carbocycles. The number of aryl methyl sites for hydroxylation is 1. The van der Waals surface area contributed by atoms with Gasteiger partial charge in [0, 0.05) is 12.3 Å². The van der Waals surface area contributed by atoms with Crippen LogP contribution in [0.5, 0.6) is 5.75 Å². The molecule has 0 spiro atoms. The molecule has 0 aromatic heterocycles. The van der Waals surface area contributed by atoms with Gasteiger partial charge in [-0.25, -0.2) is 0 Å². The molecule has 0 radical (unpaired) electrons. The Labute approximate surface area is 149 Å². The summed E-state index contributed by atoms with van der Waals surface area (Å²) in [6.07, 6.45) is 3.94. The summed E-state index contributed by atoms with van der Waals surface area (Å²) in [4.78, 5) is 11.6. The van der Waals surface area contributed by atoms with E-state index in [1.165, 1.54) is 11.1 Å². The molecule has 2 fully saturated rings. The molecule has 2 saturated carbocycles. The lowest BCUT2D eigenvalue weighted by Crippen LogP contribution is -2.48. The normalized spacial score (nSPS) is 45.0. The molecule has 124 valence electrons. The first kappa shape index (κ1) is 15.8. The van der Waals surface area contributed by atoms with Crippen molar-refractivity contribution in [2.45, 2.75) is 54.6 Å². The number of benzene rings is 1. The molecule has 23 heavy (non-hydrogen) atoms. The molecule has 3 aliphatic rings. The van der Waals surface area contributed by atoms with Crippen LogP contribution in [0.2, 0.25) is 0 Å². The summed E-state index contributed by atoms with van der Waals surface area (Å²) in [5.41, 5.74) is 2.36. The average Bonchev–Trinajstić information content (AvgIpc) is 2.74. The predicted octanol–water partition coefficient (Wildman–Crippen LogP) is 4.12. The lowest BCUT2D eigenvalue weighted by atomic mass is 9.55. The average molecular weight is 427 g/mol. The van der Waals surface area contributed by atoms with Gasteiger partial charge in [0.25, 0.3) is 0 Å². The number of hydrogen-bond donors (Lipinski definition) is 2. The fraction of sp³-hybridized carbons (Fsp3) is 0.667. The highest BCUT2D eigenvalue weighted by Crippen LogP contribution is 2.66. The Morgan fingerprint density at radius 1 is 1.35 bits per heavy atom. The van der Waals surface area contributed by atoms with Crippen molar-refractivity contribution >= 4 is 22.6 Å². The molecule has 4 nitrogen and oxygen atoms in total. The molecule has 4 rings (SSSR count). The van der Waals surface area contributed by atoms with Gasteiger partial charge in [0.05, 0.1) is 6.10 Å². The van der Waals surface area contributed by atoms with E-state index in [-0.39, 0.29) is 11.3 Å². The van der Waals surface area contributed by atoms with Crippen LogP contribution in [-0.4, -0.2) is 19.9 Å². The number of aliphatic hydroxyl groups is 1. The highest BCUT2D eigenvalue weighted by atomic mass is 127. The van der Waals surface area contributed by atoms with Gasteiger partial charge in [-0.15, -0.1) is 4.91 Å². The first-order valence-electron chi connectivity index (χ1n) is 8.42. The number of aromatic hydroxyl groups is 1. The van der Waals surface area contributed by atoms with Crippen LogP contribution in [0.3, 0.4) is 0 Å². The third-order valence-electron chi connectivity index (χ3n) is 6.79. The minimum atomic E-state index is -0.691. The van der Waals surface area contributed by atoms with E-state index in [0.29, 0.717) is 24.0 Å². The SMILES string of the molecule is C[C@]12CC[C@@H]3c4ccc(O)cc4CC[C@H]3[C@@H]1C(I)(N=O)CC2O. The van der Waals surface area contributed by atoms with Crippen molar-refractivity contribution in [2.75, 3.05) is 0 Å². The van der Waals surface area contributed by atoms with E-state index in [9.17, 15) is 15.1 Å². The van der Waals surface area contributed by atoms with E-state index >= 15 is 0 Å². The van der Waals surface area contributed by atoms with Crippen LogP contribution in [0.25, 0.3) is 0 Å². The Morgan fingerprint density at radius 3 is 2.87 bits per heavy atom. The van der Waals surface area contributed by atoms with Crippen molar-refractivity contribution in [1.82, 2.24) is 0 Å². The highest BCUT2D eigenvalue weighted by molar-refractivity contribution is 14.1. The van der Waals surface area contributed by atoms with Crippen molar-refractivity contribution in [3.8, 4) is 5.75 Å². The molecular weight excluding hydrogens is 405 g/mol. The van der Waals surface area contributed by atoms with Gasteiger partial charge in [0.15, 0.2) is 3.55 Å². The first-order chi connectivity index (χ1) is 10.9. The van der Waals surface area contributed by atoms with Crippen molar-refractivity contribution in [3.05, 3.63) is 34.2 Å². The number of hydrogen-bond acceptors (Lipinski definition) is 4. The molecule has 2 N–H and O–H groups in total. The molecule has 5 heteroatoms. The van der Waals surface area contributed by atoms with E-state index < -0.39 is 9.65 Å². The number of nitrogens with zero attached hydrogens (tertiary/aromatic N) is 1. The van der Waals surface area contributed by atoms with Crippen LogP contribution in [0.1, 0.15) is 49.7 Å². The zero-order chi connectivity index (χ0) is 16.4. The van der Waals surface area contributed by atoms with E-state index in [1.54, 1.807) is 6.07 Å². The van der Waals surface area contributed by atoms with Gasteiger partial charge in [0.1, 0.15) is 5.75 Å². The van der Waals surface area contributed by atoms with Crippen LogP contribution in [0.4, 0.5) is 0 Å². The maximum absolute atomic E-state index is 11.6. The molecule has 1 aromatic rings. The van der Waals surface area contributed by atoms with Crippen molar-refractivity contribution in [3.63, 3.8) is 0 Å². The smallest absolute Gasteiger partial charge is 0.159 e. The van der Waals surface area contributed by atoms with Gasteiger partial charge in [-0.2, -0.15) is 0 Å². The molecule has 1 aromatic carbocycles. The number of phenolic OH excluding ortho intramolecular Hbond substituents is 1. The van der Waals surface area contributed by atoms with Crippen LogP contribution in [0.15, 0.2) is 23.4 Å². The largest absolute Gasteiger partial charge is 0.508 e. The third kappa shape index (κ3) is 2.11. The predicted molar refractivity (Wildman–Crippen MR) is 96.7 cm³/mol. The van der Waals surface area contributed by atoms with Gasteiger partial charge in [-0.3, -0.25) is 0 Å². The number of alkyl halides is 1. The maximum atomic E-state index is 11.6. The van der Waals surface area contributed by atoms with Crippen LogP contribution in [-0.2, 0) is 6.42 Å². The standard InChI is InChI=1S/C18H22INO3/c1-17-7-6-13-12-5-3-11(21)8-10(12)2-4-14(13)16(17)18(19,20-23)9-15(17)22/h3,5,8,13-16,21-22H,2,4,6-7,9H2,1H3/t13-,14-,15?,16+,17-,18?/m1/s1. The molecule has 0 aliphatic heterocycles. The van der Waals surface area contributed by atoms with Gasteiger partial charge in [-0.05, 0) is 88.8 Å². The molecule has 0 bridgehead atoms. The molecular formula is C18H22INO3. The first-order valence-corrected chi connectivity index (χ1v) is 9.50. The monoisotopic (exact) mass is 427 g/mol. The second kappa shape index (κ2) is 5.15. The fourth-order valence-corrected chi connectivity index (χ4v) is 7.33. The van der Waals surface area contributed by atoms with Crippen LogP contribution < -0.4 is 0 Å². The van der Waals surface area contributed by atoms with E-state index in [0.717, 1.165) is 25.7 Å². The second-order valence-electron chi connectivity index (χ2n) is 7.84. The third-order valence-corrected chi connectivity index (χ3v) is 8.10. The Kier molecular flexibility index (Phi) is 3.54. The lowest BCUT2D eigenvalue weighted by Gasteiger charge is -2.51. The summed E-state index contributed by atoms with van der Waals surface area (Å²) in [5, 5.41) is 23.9. The summed E-state index contributed by atoms with van der Waals surface area (Å²) in [5.74, 6) is 1.26. The Morgan fingerprint density at radius 2 is 2.13 bits per heavy atom. The Hall–Kier alpha value is -0.690. The number of nitroso groups, excluding NO2 is 1. The fourth-order valence-electron chi connectivity index (χ4n) is 5.74. The molecule has 6 atom stereocenters. The van der Waals surface area contributed by atoms with Gasteiger partial charge < -0.3 is 10.2 Å². The van der Waals surface area contributed by atoms with E-state index in [1.807, 2.05) is 6.07 Å². The number of aliphatic hydroxyl groups excluding tert-OH is 1. The van der Waals surface area contributed by atoms with Gasteiger partial charge >= 0.3 is 0 Å². The van der Waals surface area contributed by atoms with Crippen LogP contribution in [0, 0.1) is 22.2 Å². The maximum Gasteiger partial charge on any atom is 0.159 e. The summed E-state index contributed by atoms with van der Waals surface area (Å²) in [7, 11) is 0. The molecule has 2 unspecified atom stereocenters. The number of halogens is 1. The van der Waals surface area contributed by atoms with E-state index in [4.69, 9.17) is 0 Å². The number of fused-ring (bicyclic) bond motifs is 5. The Balaban J connectivity index is 1.78. The molecule has 0 amide bonds. The minimum Gasteiger partial charge on any atom is -0.508 e. The summed E-state index contributed by atoms with van der Waals surface area (Å²) >= 11 is 2.20. The summed E-state index contributed by atoms with van der Waals surface area (Å²) in [6.45, 7) is 2.15. The van der Waals surface area contributed by atoms with Crippen molar-refractivity contribution in [1.29, 1.82) is 0 Å². The molecule has 0 heterocycles. The van der Waals surface area contributed by atoms with Crippen molar-refractivity contribution < 1.29 is 10.2 Å². The summed E-state index contributed by atoms with van der Waals surface area (Å²) < 4.78 is -0.691. The van der Waals surface area contributed by atoms with E-state index in [2.05, 4.69) is 40.8 Å². The summed E-state index contributed by atoms with van der Waals surface area (Å²) in [6, 6.07) is 5.71. The van der Waals surface area contributed by atoms with Crippen LogP contribution >= 0.6 is 22.6 Å². The number of phenols is 1. The van der Waals surface area contributed by atoms with Crippen molar-refractivity contribution in [2.24, 2.45) is 22.4 Å². The van der Waals surface area contributed by atoms with Gasteiger partial charge in [0.2, 0.25) is 0 Å². The lowest BCUT2D eigenvalue weighted by molar-refractivity contribution is -0.0256. The number of rotatable bonds is 1. The zero-order valence-electron chi connectivity index (χ0n) is 13.2. The Bertz CT molecular complexity index is 666. The zero-order valence-corrected chi connectivity index (χ0v) is 15.4. The second-order valence-corrected chi connectivity index (χ2v) is 9.71. The minimum absolute atomic E-state index is 0.129. The molecule has 0 saturated heterocycles. The quantitative estimate of drug-likeness (QED) is 0.307. The topological polar surface area (TPSA) is 69.9 Å². The van der Waals surface area contributed by atoms with Gasteiger partial charge in [-0.1, -0.05) is 18.2 Å². The highest BCUT2D eigenvalue weighted by Gasteiger charge is 2.65.